The molecule has 1 aliphatic rings. The SMILES string of the molecule is Cl.N[C@H](c1ccc(I)cc1)[C@@H](O)C1CC1. The predicted octanol–water partition coefficient (Wildman–Crippen LogP) is 2.48. The molecule has 84 valence electrons. The van der Waals surface area contributed by atoms with Crippen molar-refractivity contribution in [2.45, 2.75) is 25.0 Å². The number of benzene rings is 1. The van der Waals surface area contributed by atoms with Crippen molar-refractivity contribution in [3.05, 3.63) is 33.4 Å². The number of halogens is 2. The van der Waals surface area contributed by atoms with Gasteiger partial charge in [-0.2, -0.15) is 0 Å². The molecule has 0 amide bonds. The Bertz CT molecular complexity index is 313. The average Bonchev–Trinajstić information content (AvgIpc) is 3.00. The van der Waals surface area contributed by atoms with Gasteiger partial charge in [-0.25, -0.2) is 0 Å². The molecule has 0 heterocycles. The molecule has 0 aliphatic heterocycles. The molecule has 2 atom stereocenters. The number of hydrogen-bond acceptors (Lipinski definition) is 2. The van der Waals surface area contributed by atoms with Gasteiger partial charge in [-0.15, -0.1) is 12.4 Å². The lowest BCUT2D eigenvalue weighted by molar-refractivity contribution is 0.122. The third kappa shape index (κ3) is 3.31. The zero-order chi connectivity index (χ0) is 10.1. The monoisotopic (exact) mass is 339 g/mol. The van der Waals surface area contributed by atoms with E-state index < -0.39 is 0 Å². The Kier molecular flexibility index (Phi) is 4.83. The van der Waals surface area contributed by atoms with Gasteiger partial charge >= 0.3 is 0 Å². The number of nitrogens with two attached hydrogens (primary N) is 1. The van der Waals surface area contributed by atoms with E-state index in [-0.39, 0.29) is 24.6 Å². The summed E-state index contributed by atoms with van der Waals surface area (Å²) in [5.41, 5.74) is 7.01. The first kappa shape index (κ1) is 13.2. The van der Waals surface area contributed by atoms with Crippen molar-refractivity contribution in [2.75, 3.05) is 0 Å². The zero-order valence-corrected chi connectivity index (χ0v) is 11.2. The van der Waals surface area contributed by atoms with Crippen LogP contribution in [0.3, 0.4) is 0 Å². The van der Waals surface area contributed by atoms with Gasteiger partial charge in [-0.3, -0.25) is 0 Å². The standard InChI is InChI=1S/C11H14INO.ClH/c12-9-5-3-7(4-6-9)10(13)11(14)8-1-2-8;/h3-6,8,10-11,14H,1-2,13H2;1H/t10-,11+;/m1./s1. The van der Waals surface area contributed by atoms with Crippen molar-refractivity contribution in [2.24, 2.45) is 11.7 Å². The summed E-state index contributed by atoms with van der Waals surface area (Å²) >= 11 is 2.26. The Balaban J connectivity index is 0.00000112. The van der Waals surface area contributed by atoms with E-state index in [2.05, 4.69) is 22.6 Å². The van der Waals surface area contributed by atoms with Crippen LogP contribution in [0.2, 0.25) is 0 Å². The van der Waals surface area contributed by atoms with Gasteiger partial charge in [0.15, 0.2) is 0 Å². The van der Waals surface area contributed by atoms with Crippen molar-refractivity contribution in [3.8, 4) is 0 Å². The highest BCUT2D eigenvalue weighted by Crippen LogP contribution is 2.37. The molecule has 0 aromatic heterocycles. The fourth-order valence-corrected chi connectivity index (χ4v) is 1.97. The predicted molar refractivity (Wildman–Crippen MR) is 72.1 cm³/mol. The smallest absolute Gasteiger partial charge is 0.0760 e. The molecule has 1 aromatic rings. The molecule has 3 N–H and O–H groups in total. The molecule has 2 rings (SSSR count). The first-order valence-electron chi connectivity index (χ1n) is 4.87. The van der Waals surface area contributed by atoms with Crippen LogP contribution in [0.15, 0.2) is 24.3 Å². The highest BCUT2D eigenvalue weighted by Gasteiger charge is 2.34. The van der Waals surface area contributed by atoms with Crippen molar-refractivity contribution in [3.63, 3.8) is 0 Å². The molecule has 1 aliphatic carbocycles. The van der Waals surface area contributed by atoms with E-state index in [0.717, 1.165) is 18.4 Å². The Morgan fingerprint density at radius 1 is 1.27 bits per heavy atom. The molecule has 0 radical (unpaired) electrons. The molecule has 0 saturated heterocycles. The average molecular weight is 340 g/mol. The van der Waals surface area contributed by atoms with Crippen LogP contribution in [-0.2, 0) is 0 Å². The van der Waals surface area contributed by atoms with E-state index in [0.29, 0.717) is 5.92 Å². The Hall–Kier alpha value is 0.160. The first-order valence-corrected chi connectivity index (χ1v) is 5.95. The van der Waals surface area contributed by atoms with E-state index in [9.17, 15) is 5.11 Å². The summed E-state index contributed by atoms with van der Waals surface area (Å²) in [6.07, 6.45) is 1.88. The van der Waals surface area contributed by atoms with E-state index in [4.69, 9.17) is 5.73 Å². The molecule has 0 spiro atoms. The van der Waals surface area contributed by atoms with Crippen LogP contribution < -0.4 is 5.73 Å². The summed E-state index contributed by atoms with van der Waals surface area (Å²) < 4.78 is 1.19. The Morgan fingerprint density at radius 3 is 2.27 bits per heavy atom. The van der Waals surface area contributed by atoms with Crippen LogP contribution in [0.5, 0.6) is 0 Å². The van der Waals surface area contributed by atoms with Gasteiger partial charge in [0.2, 0.25) is 0 Å². The lowest BCUT2D eigenvalue weighted by atomic mass is 9.99. The van der Waals surface area contributed by atoms with E-state index >= 15 is 0 Å². The Morgan fingerprint density at radius 2 is 1.80 bits per heavy atom. The lowest BCUT2D eigenvalue weighted by Gasteiger charge is -2.18. The van der Waals surface area contributed by atoms with Gasteiger partial charge in [-0.05, 0) is 59.0 Å². The van der Waals surface area contributed by atoms with Gasteiger partial charge in [-0.1, -0.05) is 12.1 Å². The molecule has 2 nitrogen and oxygen atoms in total. The quantitative estimate of drug-likeness (QED) is 0.831. The maximum absolute atomic E-state index is 9.85. The first-order chi connectivity index (χ1) is 6.68. The summed E-state index contributed by atoms with van der Waals surface area (Å²) in [6.45, 7) is 0. The Labute approximate surface area is 110 Å². The molecular formula is C11H15ClINO. The number of aliphatic hydroxyl groups is 1. The maximum Gasteiger partial charge on any atom is 0.0760 e. The highest BCUT2D eigenvalue weighted by atomic mass is 127. The van der Waals surface area contributed by atoms with Crippen LogP contribution in [0, 0.1) is 9.49 Å². The normalized spacial score (nSPS) is 19.1. The van der Waals surface area contributed by atoms with E-state index in [1.54, 1.807) is 0 Å². The van der Waals surface area contributed by atoms with Crippen molar-refractivity contribution in [1.82, 2.24) is 0 Å². The minimum absolute atomic E-state index is 0. The van der Waals surface area contributed by atoms with Gasteiger partial charge in [0.05, 0.1) is 12.1 Å². The third-order valence-corrected chi connectivity index (χ3v) is 3.45. The molecule has 15 heavy (non-hydrogen) atoms. The molecule has 1 fully saturated rings. The van der Waals surface area contributed by atoms with Crippen LogP contribution >= 0.6 is 35.0 Å². The maximum atomic E-state index is 9.85. The molecule has 1 aromatic carbocycles. The summed E-state index contributed by atoms with van der Waals surface area (Å²) in [6, 6.07) is 7.82. The summed E-state index contributed by atoms with van der Waals surface area (Å²) in [4.78, 5) is 0. The second-order valence-corrected chi connectivity index (χ2v) is 5.15. The van der Waals surface area contributed by atoms with Crippen LogP contribution in [-0.4, -0.2) is 11.2 Å². The number of aliphatic hydroxyl groups excluding tert-OH is 1. The second-order valence-electron chi connectivity index (χ2n) is 3.91. The topological polar surface area (TPSA) is 46.2 Å². The molecular weight excluding hydrogens is 324 g/mol. The lowest BCUT2D eigenvalue weighted by Crippen LogP contribution is -2.27. The highest BCUT2D eigenvalue weighted by molar-refractivity contribution is 14.1. The molecule has 0 unspecified atom stereocenters. The number of hydrogen-bond donors (Lipinski definition) is 2. The number of rotatable bonds is 3. The van der Waals surface area contributed by atoms with Gasteiger partial charge in [0, 0.05) is 3.57 Å². The van der Waals surface area contributed by atoms with Crippen molar-refractivity contribution >= 4 is 35.0 Å². The van der Waals surface area contributed by atoms with E-state index in [1.165, 1.54) is 3.57 Å². The fraction of sp³-hybridized carbons (Fsp3) is 0.455. The van der Waals surface area contributed by atoms with Crippen LogP contribution in [0.4, 0.5) is 0 Å². The van der Waals surface area contributed by atoms with Crippen molar-refractivity contribution in [1.29, 1.82) is 0 Å². The van der Waals surface area contributed by atoms with Crippen LogP contribution in [0.1, 0.15) is 24.4 Å². The largest absolute Gasteiger partial charge is 0.391 e. The minimum atomic E-state index is -0.366. The van der Waals surface area contributed by atoms with Gasteiger partial charge in [0.1, 0.15) is 0 Å². The van der Waals surface area contributed by atoms with E-state index in [1.807, 2.05) is 24.3 Å². The van der Waals surface area contributed by atoms with Gasteiger partial charge in [0.25, 0.3) is 0 Å². The summed E-state index contributed by atoms with van der Waals surface area (Å²) in [5.74, 6) is 0.435. The third-order valence-electron chi connectivity index (χ3n) is 2.73. The molecule has 1 saturated carbocycles. The second kappa shape index (κ2) is 5.48. The minimum Gasteiger partial charge on any atom is -0.391 e. The van der Waals surface area contributed by atoms with Gasteiger partial charge < -0.3 is 10.8 Å². The van der Waals surface area contributed by atoms with Crippen LogP contribution in [0.25, 0.3) is 0 Å². The zero-order valence-electron chi connectivity index (χ0n) is 8.27. The van der Waals surface area contributed by atoms with Crippen molar-refractivity contribution < 1.29 is 5.11 Å². The summed E-state index contributed by atoms with van der Waals surface area (Å²) in [5, 5.41) is 9.85. The summed E-state index contributed by atoms with van der Waals surface area (Å²) in [7, 11) is 0. The molecule has 4 heteroatoms. The molecule has 0 bridgehead atoms. The fourth-order valence-electron chi connectivity index (χ4n) is 1.61.